The molecule has 7 heteroatoms. The maximum atomic E-state index is 13.8. The van der Waals surface area contributed by atoms with Crippen LogP contribution in [0.5, 0.6) is 0 Å². The van der Waals surface area contributed by atoms with Gasteiger partial charge in [0.25, 0.3) is 0 Å². The van der Waals surface area contributed by atoms with Crippen LogP contribution in [0.1, 0.15) is 19.3 Å². The van der Waals surface area contributed by atoms with Crippen LogP contribution in [0.15, 0.2) is 23.4 Å². The van der Waals surface area contributed by atoms with E-state index in [1.807, 2.05) is 12.1 Å². The van der Waals surface area contributed by atoms with Gasteiger partial charge in [0, 0.05) is 28.2 Å². The second-order valence-corrected chi connectivity index (χ2v) is 8.60. The van der Waals surface area contributed by atoms with E-state index >= 15 is 0 Å². The molecular weight excluding hydrogens is 349 g/mol. The zero-order valence-electron chi connectivity index (χ0n) is 13.0. The van der Waals surface area contributed by atoms with Crippen molar-refractivity contribution in [3.8, 4) is 0 Å². The van der Waals surface area contributed by atoms with Gasteiger partial charge in [-0.15, -0.1) is 11.3 Å². The Bertz CT molecular complexity index is 846. The summed E-state index contributed by atoms with van der Waals surface area (Å²) in [5.74, 6) is 1.11. The van der Waals surface area contributed by atoms with Crippen molar-refractivity contribution in [2.75, 3.05) is 25.0 Å². The second-order valence-electron chi connectivity index (χ2n) is 6.95. The van der Waals surface area contributed by atoms with Crippen molar-refractivity contribution in [1.29, 1.82) is 0 Å². The zero-order valence-corrected chi connectivity index (χ0v) is 14.6. The fourth-order valence-electron chi connectivity index (χ4n) is 4.27. The Hall–Kier alpha value is -1.37. The highest BCUT2D eigenvalue weighted by atomic mass is 35.5. The summed E-state index contributed by atoms with van der Waals surface area (Å²) in [6.07, 6.45) is 3.20. The lowest BCUT2D eigenvalue weighted by atomic mass is 9.73. The van der Waals surface area contributed by atoms with Crippen molar-refractivity contribution < 1.29 is 9.23 Å². The molecule has 126 valence electrons. The van der Waals surface area contributed by atoms with E-state index in [1.54, 1.807) is 6.07 Å². The number of hydrogen-bond acceptors (Lipinski definition) is 5. The average Bonchev–Trinajstić information content (AvgIpc) is 3.10. The Labute approximate surface area is 148 Å². The van der Waals surface area contributed by atoms with Gasteiger partial charge in [0.2, 0.25) is 0 Å². The number of thiophene rings is 1. The van der Waals surface area contributed by atoms with Gasteiger partial charge in [0.05, 0.1) is 6.42 Å². The van der Waals surface area contributed by atoms with E-state index in [2.05, 4.69) is 15.4 Å². The van der Waals surface area contributed by atoms with Gasteiger partial charge in [-0.3, -0.25) is 4.90 Å². The molecule has 4 aliphatic rings. The number of halogens is 2. The Balaban J connectivity index is 1.35. The number of piperidine rings is 3. The lowest BCUT2D eigenvalue weighted by Crippen LogP contribution is -2.59. The number of anilines is 1. The molecule has 2 aromatic rings. The van der Waals surface area contributed by atoms with Crippen LogP contribution in [0.2, 0.25) is 4.34 Å². The number of hydrogen-bond donors (Lipinski definition) is 1. The number of rotatable bonds is 1. The number of oxime groups is 1. The first-order valence-electron chi connectivity index (χ1n) is 8.25. The van der Waals surface area contributed by atoms with Gasteiger partial charge in [-0.25, -0.2) is 4.39 Å². The summed E-state index contributed by atoms with van der Waals surface area (Å²) in [7, 11) is 0. The Morgan fingerprint density at radius 1 is 1.38 bits per heavy atom. The quantitative estimate of drug-likeness (QED) is 0.818. The van der Waals surface area contributed by atoms with Crippen LogP contribution in [0, 0.1) is 11.7 Å². The van der Waals surface area contributed by atoms with Gasteiger partial charge in [0.1, 0.15) is 4.34 Å². The predicted molar refractivity (Wildman–Crippen MR) is 95.4 cm³/mol. The zero-order chi connectivity index (χ0) is 16.3. The van der Waals surface area contributed by atoms with Crippen LogP contribution in [0.3, 0.4) is 0 Å². The largest absolute Gasteiger partial charge is 0.386 e. The molecule has 5 heterocycles. The molecule has 0 saturated carbocycles. The molecule has 1 aromatic heterocycles. The number of nitrogens with zero attached hydrogens (tertiary/aromatic N) is 2. The van der Waals surface area contributed by atoms with E-state index in [1.165, 1.54) is 37.3 Å². The molecule has 0 aliphatic carbocycles. The van der Waals surface area contributed by atoms with Gasteiger partial charge in [-0.05, 0) is 44.1 Å². The predicted octanol–water partition coefficient (Wildman–Crippen LogP) is 4.30. The normalized spacial score (nSPS) is 31.5. The average molecular weight is 366 g/mol. The van der Waals surface area contributed by atoms with E-state index in [0.717, 1.165) is 29.2 Å². The molecule has 0 amide bonds. The van der Waals surface area contributed by atoms with Crippen LogP contribution < -0.4 is 5.32 Å². The van der Waals surface area contributed by atoms with Crippen LogP contribution in [-0.4, -0.2) is 36.0 Å². The monoisotopic (exact) mass is 365 g/mol. The van der Waals surface area contributed by atoms with Crippen molar-refractivity contribution in [3.63, 3.8) is 0 Å². The molecule has 3 saturated heterocycles. The van der Waals surface area contributed by atoms with E-state index in [9.17, 15) is 4.39 Å². The fourth-order valence-corrected chi connectivity index (χ4v) is 5.47. The topological polar surface area (TPSA) is 36.9 Å². The summed E-state index contributed by atoms with van der Waals surface area (Å²) in [6, 6.07) is 5.54. The first-order chi connectivity index (χ1) is 11.6. The third-order valence-corrected chi connectivity index (χ3v) is 6.82. The molecule has 1 aromatic carbocycles. The van der Waals surface area contributed by atoms with Crippen LogP contribution in [-0.2, 0) is 4.84 Å². The second kappa shape index (κ2) is 5.31. The van der Waals surface area contributed by atoms with Crippen LogP contribution >= 0.6 is 22.9 Å². The summed E-state index contributed by atoms with van der Waals surface area (Å²) < 4.78 is 14.9. The van der Waals surface area contributed by atoms with Crippen molar-refractivity contribution in [1.82, 2.24) is 4.90 Å². The van der Waals surface area contributed by atoms with Crippen molar-refractivity contribution in [2.45, 2.75) is 24.9 Å². The molecule has 4 nitrogen and oxygen atoms in total. The molecule has 1 unspecified atom stereocenters. The third kappa shape index (κ3) is 2.24. The standard InChI is InChI=1S/C17H17ClFN3OS/c18-16-15(19)12-2-1-11(7-13(12)24-16)20-14-8-17(23-21-14)9-22-5-3-10(17)4-6-22/h1-2,7,10H,3-6,8-9H2,(H,20,21). The fraction of sp³-hybridized carbons (Fsp3) is 0.471. The van der Waals surface area contributed by atoms with Gasteiger partial charge in [0.15, 0.2) is 17.3 Å². The van der Waals surface area contributed by atoms with E-state index in [4.69, 9.17) is 16.4 Å². The first kappa shape index (κ1) is 14.9. The van der Waals surface area contributed by atoms with Gasteiger partial charge >= 0.3 is 0 Å². The molecule has 24 heavy (non-hydrogen) atoms. The van der Waals surface area contributed by atoms with E-state index in [0.29, 0.717) is 11.3 Å². The SMILES string of the molecule is Fc1c(Cl)sc2cc(NC3=NOC4(C3)CN3CCC4CC3)ccc12. The highest BCUT2D eigenvalue weighted by Gasteiger charge is 2.52. The van der Waals surface area contributed by atoms with Crippen LogP contribution in [0.25, 0.3) is 10.1 Å². The molecule has 1 spiro atoms. The van der Waals surface area contributed by atoms with Crippen molar-refractivity contribution >= 4 is 44.5 Å². The summed E-state index contributed by atoms with van der Waals surface area (Å²) in [4.78, 5) is 8.39. The lowest BCUT2D eigenvalue weighted by molar-refractivity contribution is -0.136. The molecule has 4 aliphatic heterocycles. The highest BCUT2D eigenvalue weighted by Crippen LogP contribution is 2.43. The first-order valence-corrected chi connectivity index (χ1v) is 9.44. The molecule has 0 radical (unpaired) electrons. The number of fused-ring (bicyclic) bond motifs is 3. The minimum atomic E-state index is -0.337. The molecule has 6 rings (SSSR count). The minimum Gasteiger partial charge on any atom is -0.386 e. The number of amidine groups is 1. The summed E-state index contributed by atoms with van der Waals surface area (Å²) in [6.45, 7) is 3.33. The summed E-state index contributed by atoms with van der Waals surface area (Å²) >= 11 is 7.14. The molecule has 2 bridgehead atoms. The lowest BCUT2D eigenvalue weighted by Gasteiger charge is -2.49. The molecule has 1 N–H and O–H groups in total. The summed E-state index contributed by atoms with van der Waals surface area (Å²) in [5, 5.41) is 8.22. The minimum absolute atomic E-state index is 0.152. The Morgan fingerprint density at radius 3 is 2.96 bits per heavy atom. The molecule has 1 atom stereocenters. The van der Waals surface area contributed by atoms with Crippen molar-refractivity contribution in [2.24, 2.45) is 11.1 Å². The maximum absolute atomic E-state index is 13.8. The van der Waals surface area contributed by atoms with Gasteiger partial charge < -0.3 is 10.2 Å². The van der Waals surface area contributed by atoms with Gasteiger partial charge in [-0.1, -0.05) is 16.8 Å². The number of benzene rings is 1. The highest BCUT2D eigenvalue weighted by molar-refractivity contribution is 7.22. The maximum Gasteiger partial charge on any atom is 0.160 e. The Kier molecular flexibility index (Phi) is 3.30. The summed E-state index contributed by atoms with van der Waals surface area (Å²) in [5.41, 5.74) is 0.738. The van der Waals surface area contributed by atoms with Crippen molar-refractivity contribution in [3.05, 3.63) is 28.4 Å². The molecule has 3 fully saturated rings. The number of nitrogens with one attached hydrogen (secondary N) is 1. The third-order valence-electron chi connectivity index (χ3n) is 5.51. The Morgan fingerprint density at radius 2 is 2.21 bits per heavy atom. The smallest absolute Gasteiger partial charge is 0.160 e. The van der Waals surface area contributed by atoms with Crippen LogP contribution in [0.4, 0.5) is 10.1 Å². The van der Waals surface area contributed by atoms with Gasteiger partial charge in [-0.2, -0.15) is 0 Å². The van der Waals surface area contributed by atoms with E-state index in [-0.39, 0.29) is 15.8 Å². The molecular formula is C17H17ClFN3OS. The van der Waals surface area contributed by atoms with E-state index < -0.39 is 0 Å².